The summed E-state index contributed by atoms with van der Waals surface area (Å²) in [4.78, 5) is 11.4. The summed E-state index contributed by atoms with van der Waals surface area (Å²) < 4.78 is 7.25. The number of thioether (sulfide) groups is 1. The fourth-order valence-electron chi connectivity index (χ4n) is 1.73. The van der Waals surface area contributed by atoms with Gasteiger partial charge in [0.2, 0.25) is 0 Å². The van der Waals surface area contributed by atoms with Crippen molar-refractivity contribution in [3.63, 3.8) is 0 Å². The molecule has 0 saturated heterocycles. The van der Waals surface area contributed by atoms with Gasteiger partial charge in [-0.1, -0.05) is 17.8 Å². The highest BCUT2D eigenvalue weighted by Crippen LogP contribution is 2.29. The van der Waals surface area contributed by atoms with Crippen LogP contribution in [0.4, 0.5) is 0 Å². The monoisotopic (exact) mass is 291 g/mol. The second-order valence-corrected chi connectivity index (χ2v) is 5.77. The zero-order valence-corrected chi connectivity index (χ0v) is 12.6. The van der Waals surface area contributed by atoms with Gasteiger partial charge >= 0.3 is 0 Å². The number of aryl methyl sites for hydroxylation is 1. The van der Waals surface area contributed by atoms with Crippen LogP contribution in [-0.2, 0) is 11.3 Å². The maximum atomic E-state index is 11.4. The van der Waals surface area contributed by atoms with Gasteiger partial charge in [0.25, 0.3) is 0 Å². The molecule has 0 bridgehead atoms. The summed E-state index contributed by atoms with van der Waals surface area (Å²) in [7, 11) is 0. The molecule has 0 amide bonds. The predicted molar refractivity (Wildman–Crippen MR) is 78.7 cm³/mol. The van der Waals surface area contributed by atoms with Crippen LogP contribution in [-0.4, -0.2) is 25.8 Å². The first-order valence-electron chi connectivity index (χ1n) is 6.30. The zero-order chi connectivity index (χ0) is 14.7. The smallest absolute Gasteiger partial charge is 0.192 e. The topological polar surface area (TPSA) is 60.9 Å². The first-order chi connectivity index (χ1) is 9.54. The van der Waals surface area contributed by atoms with Gasteiger partial charge < -0.3 is 4.42 Å². The Hall–Kier alpha value is -1.82. The molecule has 2 aromatic heterocycles. The fraction of sp³-hybridized carbons (Fsp3) is 0.357. The standard InChI is InChI=1S/C14H17N3O2S/c1-5-7-17-13(12-6-8-19-10(12)3)15-16-14(17)20-11(4)9(2)18/h5-6,8,11H,1,7H2,2-4H3. The summed E-state index contributed by atoms with van der Waals surface area (Å²) in [5.41, 5.74) is 0.904. The molecule has 5 nitrogen and oxygen atoms in total. The molecular weight excluding hydrogens is 274 g/mol. The Labute approximate surface area is 122 Å². The zero-order valence-electron chi connectivity index (χ0n) is 11.8. The number of ketones is 1. The number of nitrogens with zero attached hydrogens (tertiary/aromatic N) is 3. The summed E-state index contributed by atoms with van der Waals surface area (Å²) >= 11 is 1.40. The molecule has 2 aromatic rings. The summed E-state index contributed by atoms with van der Waals surface area (Å²) in [6.45, 7) is 9.67. The normalized spacial score (nSPS) is 12.3. The second kappa shape index (κ2) is 6.09. The number of Topliss-reactive ketones (excluding diaryl/α,β-unsaturated/α-hetero) is 1. The third-order valence-electron chi connectivity index (χ3n) is 2.98. The number of furan rings is 1. The number of carbonyl (C=O) groups excluding carboxylic acids is 1. The van der Waals surface area contributed by atoms with E-state index in [1.165, 1.54) is 11.8 Å². The van der Waals surface area contributed by atoms with Crippen LogP contribution in [0.25, 0.3) is 11.4 Å². The molecule has 0 saturated carbocycles. The number of allylic oxidation sites excluding steroid dienone is 1. The molecule has 2 heterocycles. The largest absolute Gasteiger partial charge is 0.469 e. The van der Waals surface area contributed by atoms with Crippen molar-refractivity contribution in [3.8, 4) is 11.4 Å². The molecule has 0 spiro atoms. The highest BCUT2D eigenvalue weighted by atomic mass is 32.2. The number of rotatable bonds is 6. The first-order valence-corrected chi connectivity index (χ1v) is 7.18. The lowest BCUT2D eigenvalue weighted by Gasteiger charge is -2.09. The van der Waals surface area contributed by atoms with E-state index in [-0.39, 0.29) is 11.0 Å². The van der Waals surface area contributed by atoms with Gasteiger partial charge in [-0.3, -0.25) is 9.36 Å². The maximum absolute atomic E-state index is 11.4. The molecule has 2 rings (SSSR count). The highest BCUT2D eigenvalue weighted by Gasteiger charge is 2.19. The van der Waals surface area contributed by atoms with Gasteiger partial charge in [-0.05, 0) is 26.8 Å². The van der Waals surface area contributed by atoms with Gasteiger partial charge in [-0.25, -0.2) is 0 Å². The average molecular weight is 291 g/mol. The number of aromatic nitrogens is 3. The Morgan fingerprint density at radius 3 is 2.90 bits per heavy atom. The lowest BCUT2D eigenvalue weighted by Crippen LogP contribution is -2.10. The van der Waals surface area contributed by atoms with Crippen molar-refractivity contribution in [2.45, 2.75) is 37.7 Å². The van der Waals surface area contributed by atoms with Crippen molar-refractivity contribution < 1.29 is 9.21 Å². The van der Waals surface area contributed by atoms with E-state index in [9.17, 15) is 4.79 Å². The van der Waals surface area contributed by atoms with E-state index >= 15 is 0 Å². The molecule has 20 heavy (non-hydrogen) atoms. The van der Waals surface area contributed by atoms with Crippen molar-refractivity contribution in [1.29, 1.82) is 0 Å². The fourth-order valence-corrected chi connectivity index (χ4v) is 2.59. The van der Waals surface area contributed by atoms with Gasteiger partial charge in [-0.2, -0.15) is 0 Å². The minimum atomic E-state index is -0.152. The molecule has 0 N–H and O–H groups in total. The summed E-state index contributed by atoms with van der Waals surface area (Å²) in [6.07, 6.45) is 3.41. The van der Waals surface area contributed by atoms with Crippen molar-refractivity contribution in [2.75, 3.05) is 0 Å². The van der Waals surface area contributed by atoms with Crippen molar-refractivity contribution in [2.24, 2.45) is 0 Å². The van der Waals surface area contributed by atoms with E-state index in [0.717, 1.165) is 17.1 Å². The maximum Gasteiger partial charge on any atom is 0.192 e. The molecule has 1 unspecified atom stereocenters. The molecule has 0 aliphatic heterocycles. The molecule has 0 radical (unpaired) electrons. The summed E-state index contributed by atoms with van der Waals surface area (Å²) in [6, 6.07) is 1.86. The predicted octanol–water partition coefficient (Wildman–Crippen LogP) is 3.10. The van der Waals surface area contributed by atoms with Crippen LogP contribution in [0.5, 0.6) is 0 Å². The molecule has 6 heteroatoms. The van der Waals surface area contributed by atoms with Crippen molar-refractivity contribution >= 4 is 17.5 Å². The molecule has 1 atom stereocenters. The number of carbonyl (C=O) groups is 1. The second-order valence-electron chi connectivity index (χ2n) is 4.47. The Bertz CT molecular complexity index is 630. The first kappa shape index (κ1) is 14.6. The lowest BCUT2D eigenvalue weighted by atomic mass is 10.2. The van der Waals surface area contributed by atoms with Crippen LogP contribution in [0.1, 0.15) is 19.6 Å². The molecular formula is C14H17N3O2S. The third-order valence-corrected chi connectivity index (χ3v) is 4.18. The van der Waals surface area contributed by atoms with E-state index in [1.807, 2.05) is 24.5 Å². The lowest BCUT2D eigenvalue weighted by molar-refractivity contribution is -0.116. The van der Waals surface area contributed by atoms with Gasteiger partial charge in [0.1, 0.15) is 11.5 Å². The van der Waals surface area contributed by atoms with E-state index < -0.39 is 0 Å². The van der Waals surface area contributed by atoms with Crippen LogP contribution in [0, 0.1) is 6.92 Å². The molecule has 0 aliphatic rings. The van der Waals surface area contributed by atoms with Gasteiger partial charge in [0, 0.05) is 6.54 Å². The van der Waals surface area contributed by atoms with Gasteiger partial charge in [0.15, 0.2) is 11.0 Å². The minimum Gasteiger partial charge on any atom is -0.469 e. The summed E-state index contributed by atoms with van der Waals surface area (Å²) in [5, 5.41) is 8.97. The molecule has 0 fully saturated rings. The number of hydrogen-bond donors (Lipinski definition) is 0. The summed E-state index contributed by atoms with van der Waals surface area (Å²) in [5.74, 6) is 1.64. The minimum absolute atomic E-state index is 0.115. The Kier molecular flexibility index (Phi) is 4.44. The van der Waals surface area contributed by atoms with Crippen molar-refractivity contribution in [1.82, 2.24) is 14.8 Å². The van der Waals surface area contributed by atoms with Crippen LogP contribution < -0.4 is 0 Å². The quantitative estimate of drug-likeness (QED) is 0.604. The van der Waals surface area contributed by atoms with Crippen LogP contribution >= 0.6 is 11.8 Å². The van der Waals surface area contributed by atoms with Crippen molar-refractivity contribution in [3.05, 3.63) is 30.7 Å². The van der Waals surface area contributed by atoms with E-state index in [4.69, 9.17) is 4.42 Å². The van der Waals surface area contributed by atoms with Gasteiger partial charge in [-0.15, -0.1) is 16.8 Å². The van der Waals surface area contributed by atoms with Crippen LogP contribution in [0.15, 0.2) is 34.6 Å². The SMILES string of the molecule is C=CCn1c(SC(C)C(C)=O)nnc1-c1ccoc1C. The Balaban J connectivity index is 2.40. The van der Waals surface area contributed by atoms with E-state index in [0.29, 0.717) is 11.7 Å². The van der Waals surface area contributed by atoms with Crippen LogP contribution in [0.2, 0.25) is 0 Å². The molecule has 0 aliphatic carbocycles. The van der Waals surface area contributed by atoms with E-state index in [2.05, 4.69) is 16.8 Å². The molecule has 106 valence electrons. The third kappa shape index (κ3) is 2.85. The highest BCUT2D eigenvalue weighted by molar-refractivity contribution is 8.00. The van der Waals surface area contributed by atoms with Crippen LogP contribution in [0.3, 0.4) is 0 Å². The Morgan fingerprint density at radius 2 is 2.35 bits per heavy atom. The van der Waals surface area contributed by atoms with E-state index in [1.54, 1.807) is 19.3 Å². The van der Waals surface area contributed by atoms with Gasteiger partial charge in [0.05, 0.1) is 17.1 Å². The Morgan fingerprint density at radius 1 is 1.60 bits per heavy atom. The number of hydrogen-bond acceptors (Lipinski definition) is 5. The average Bonchev–Trinajstić information content (AvgIpc) is 2.97. The molecule has 0 aromatic carbocycles.